The monoisotopic (exact) mass is 630 g/mol. The highest BCUT2D eigenvalue weighted by Crippen LogP contribution is 2.31. The van der Waals surface area contributed by atoms with Gasteiger partial charge in [0.05, 0.1) is 30.8 Å². The van der Waals surface area contributed by atoms with Crippen molar-refractivity contribution in [3.8, 4) is 22.9 Å². The van der Waals surface area contributed by atoms with Crippen molar-refractivity contribution in [2.45, 2.75) is 31.9 Å². The number of nitrogens with zero attached hydrogens (tertiary/aromatic N) is 6. The zero-order chi connectivity index (χ0) is 30.3. The number of rotatable bonds is 11. The van der Waals surface area contributed by atoms with Gasteiger partial charge in [-0.3, -0.25) is 14.6 Å². The van der Waals surface area contributed by atoms with Crippen LogP contribution >= 0.6 is 23.2 Å². The quantitative estimate of drug-likeness (QED) is 0.285. The summed E-state index contributed by atoms with van der Waals surface area (Å²) in [7, 11) is 0. The molecule has 1 atom stereocenters. The molecule has 3 aromatic rings. The molecule has 2 aromatic heterocycles. The zero-order valence-electron chi connectivity index (χ0n) is 23.8. The maximum absolute atomic E-state index is 11.1. The summed E-state index contributed by atoms with van der Waals surface area (Å²) in [5.74, 6) is 0.894. The number of likely N-dealkylation sites (tertiary alicyclic amines) is 1. The summed E-state index contributed by atoms with van der Waals surface area (Å²) in [6, 6.07) is 9.18. The number of pyridine rings is 1. The molecule has 5 rings (SSSR count). The summed E-state index contributed by atoms with van der Waals surface area (Å²) in [5, 5.41) is 28.9. The summed E-state index contributed by atoms with van der Waals surface area (Å²) in [4.78, 5) is 31.4. The number of hydrogen-bond acceptors (Lipinski definition) is 10. The number of carboxylic acids is 1. The van der Waals surface area contributed by atoms with Gasteiger partial charge in [0.15, 0.2) is 5.75 Å². The van der Waals surface area contributed by atoms with Crippen LogP contribution in [0.3, 0.4) is 0 Å². The third kappa shape index (κ3) is 8.98. The lowest BCUT2D eigenvalue weighted by molar-refractivity contribution is -0.138. The van der Waals surface area contributed by atoms with Crippen molar-refractivity contribution < 1.29 is 24.9 Å². The van der Waals surface area contributed by atoms with E-state index in [0.29, 0.717) is 59.5 Å². The van der Waals surface area contributed by atoms with Crippen molar-refractivity contribution in [3.63, 3.8) is 0 Å². The molecule has 0 amide bonds. The van der Waals surface area contributed by atoms with Gasteiger partial charge < -0.3 is 25.0 Å². The lowest BCUT2D eigenvalue weighted by Gasteiger charge is -2.35. The zero-order valence-corrected chi connectivity index (χ0v) is 25.3. The Balaban J connectivity index is 1.29. The molecule has 2 fully saturated rings. The highest BCUT2D eigenvalue weighted by molar-refractivity contribution is 6.35. The predicted molar refractivity (Wildman–Crippen MR) is 164 cm³/mol. The molecule has 1 aromatic carbocycles. The van der Waals surface area contributed by atoms with Gasteiger partial charge in [0.25, 0.3) is 0 Å². The highest BCUT2D eigenvalue weighted by Gasteiger charge is 2.23. The molecule has 0 bridgehead atoms. The second-order valence-corrected chi connectivity index (χ2v) is 12.0. The normalized spacial score (nSPS) is 17.6. The van der Waals surface area contributed by atoms with Crippen molar-refractivity contribution in [3.05, 3.63) is 58.3 Å². The summed E-state index contributed by atoms with van der Waals surface area (Å²) in [6.07, 6.45) is 4.43. The van der Waals surface area contributed by atoms with Gasteiger partial charge in [0, 0.05) is 67.4 Å². The summed E-state index contributed by atoms with van der Waals surface area (Å²) in [6.45, 7) is 5.39. The third-order valence-electron chi connectivity index (χ3n) is 7.77. The molecule has 2 aliphatic rings. The van der Waals surface area contributed by atoms with E-state index in [2.05, 4.69) is 24.7 Å². The van der Waals surface area contributed by atoms with Crippen LogP contribution in [0.25, 0.3) is 11.3 Å². The van der Waals surface area contributed by atoms with Crippen molar-refractivity contribution in [2.24, 2.45) is 5.92 Å². The number of aliphatic hydroxyl groups is 2. The number of β-amino-alcohol motifs (C(OH)–C–C–N with tert-alkyl or cyclic N) is 1. The van der Waals surface area contributed by atoms with Gasteiger partial charge in [-0.2, -0.15) is 0 Å². The van der Waals surface area contributed by atoms with Crippen molar-refractivity contribution >= 4 is 35.1 Å². The predicted octanol–water partition coefficient (Wildman–Crippen LogP) is 3.80. The number of carbonyl (C=O) groups is 1. The minimum atomic E-state index is -0.742. The number of aliphatic hydroxyl groups excluding tert-OH is 2. The van der Waals surface area contributed by atoms with Crippen LogP contribution in [0.4, 0.5) is 5.95 Å². The van der Waals surface area contributed by atoms with E-state index < -0.39 is 12.1 Å². The van der Waals surface area contributed by atoms with E-state index in [4.69, 9.17) is 43.1 Å². The summed E-state index contributed by atoms with van der Waals surface area (Å²) < 4.78 is 6.14. The Morgan fingerprint density at radius 2 is 1.63 bits per heavy atom. The first kappa shape index (κ1) is 31.4. The van der Waals surface area contributed by atoms with Gasteiger partial charge in [0.1, 0.15) is 0 Å². The molecule has 13 heteroatoms. The van der Waals surface area contributed by atoms with E-state index in [1.165, 1.54) is 0 Å². The number of carboxylic acid groups (broad SMARTS) is 1. The van der Waals surface area contributed by atoms with Gasteiger partial charge in [-0.25, -0.2) is 15.0 Å². The van der Waals surface area contributed by atoms with Crippen molar-refractivity contribution in [2.75, 3.05) is 57.3 Å². The SMILES string of the molecule is O=C(O)CC1CCN(Cc2cc(Oc3cnc(N4CCN(CC(O)CO)CC4)nc3)nc(-c3cc(Cl)cc(Cl)c3)c2)CC1. The largest absolute Gasteiger partial charge is 0.481 e. The third-order valence-corrected chi connectivity index (χ3v) is 8.20. The fourth-order valence-corrected chi connectivity index (χ4v) is 6.06. The number of aromatic nitrogens is 3. The first-order valence-corrected chi connectivity index (χ1v) is 15.2. The Morgan fingerprint density at radius 3 is 2.26 bits per heavy atom. The Kier molecular flexibility index (Phi) is 10.7. The smallest absolute Gasteiger partial charge is 0.303 e. The standard InChI is InChI=1S/C30H36Cl2N6O5/c31-23-12-22(13-24(32)14-23)27-9-21(17-36-3-1-20(2-4-36)11-29(41)42)10-28(35-27)43-26-15-33-30(34-16-26)38-7-5-37(6-8-38)18-25(40)19-39/h9-10,12-16,20,25,39-40H,1-8,11,17-19H2,(H,41,42). The van der Waals surface area contributed by atoms with E-state index >= 15 is 0 Å². The number of ether oxygens (including phenoxy) is 1. The fraction of sp³-hybridized carbons (Fsp3) is 0.467. The molecule has 0 saturated carbocycles. The Bertz CT molecular complexity index is 1360. The molecule has 230 valence electrons. The van der Waals surface area contributed by atoms with E-state index in [0.717, 1.165) is 50.1 Å². The van der Waals surface area contributed by atoms with Crippen LogP contribution in [0.1, 0.15) is 24.8 Å². The average Bonchev–Trinajstić information content (AvgIpc) is 2.98. The van der Waals surface area contributed by atoms with Gasteiger partial charge in [-0.1, -0.05) is 23.2 Å². The van der Waals surface area contributed by atoms with Crippen LogP contribution in [-0.4, -0.2) is 105 Å². The van der Waals surface area contributed by atoms with Crippen LogP contribution in [0.5, 0.6) is 11.6 Å². The fourth-order valence-electron chi connectivity index (χ4n) is 5.54. The number of piperazine rings is 1. The lowest BCUT2D eigenvalue weighted by Crippen LogP contribution is -2.49. The summed E-state index contributed by atoms with van der Waals surface area (Å²) >= 11 is 12.6. The molecule has 1 unspecified atom stereocenters. The Labute approximate surface area is 260 Å². The maximum Gasteiger partial charge on any atom is 0.303 e. The second kappa shape index (κ2) is 14.6. The first-order chi connectivity index (χ1) is 20.7. The molecule has 0 radical (unpaired) electrons. The number of hydrogen-bond donors (Lipinski definition) is 3. The van der Waals surface area contributed by atoms with E-state index in [9.17, 15) is 9.90 Å². The molecule has 0 aliphatic carbocycles. The number of anilines is 1. The molecular weight excluding hydrogens is 595 g/mol. The lowest BCUT2D eigenvalue weighted by atomic mass is 9.93. The van der Waals surface area contributed by atoms with E-state index in [1.807, 2.05) is 24.3 Å². The topological polar surface area (TPSA) is 135 Å². The van der Waals surface area contributed by atoms with Gasteiger partial charge in [-0.15, -0.1) is 0 Å². The van der Waals surface area contributed by atoms with Crippen LogP contribution in [0.15, 0.2) is 42.7 Å². The first-order valence-electron chi connectivity index (χ1n) is 14.4. The van der Waals surface area contributed by atoms with Gasteiger partial charge in [0.2, 0.25) is 11.8 Å². The van der Waals surface area contributed by atoms with Crippen LogP contribution in [0.2, 0.25) is 10.0 Å². The Morgan fingerprint density at radius 1 is 0.953 bits per heavy atom. The molecule has 2 saturated heterocycles. The molecule has 11 nitrogen and oxygen atoms in total. The van der Waals surface area contributed by atoms with Gasteiger partial charge in [-0.05, 0) is 61.7 Å². The number of benzene rings is 1. The number of halogens is 2. The van der Waals surface area contributed by atoms with Crippen LogP contribution in [-0.2, 0) is 11.3 Å². The van der Waals surface area contributed by atoms with Gasteiger partial charge >= 0.3 is 5.97 Å². The molecule has 43 heavy (non-hydrogen) atoms. The minimum Gasteiger partial charge on any atom is -0.481 e. The van der Waals surface area contributed by atoms with Crippen LogP contribution in [0, 0.1) is 5.92 Å². The molecule has 0 spiro atoms. The van der Waals surface area contributed by atoms with E-state index in [-0.39, 0.29) is 18.9 Å². The number of piperidine rings is 1. The maximum atomic E-state index is 11.1. The summed E-state index contributed by atoms with van der Waals surface area (Å²) in [5.41, 5.74) is 2.43. The molecule has 3 N–H and O–H groups in total. The minimum absolute atomic E-state index is 0.209. The molecule has 2 aliphatic heterocycles. The number of aliphatic carboxylic acids is 1. The second-order valence-electron chi connectivity index (χ2n) is 11.1. The van der Waals surface area contributed by atoms with E-state index in [1.54, 1.807) is 18.5 Å². The Hall–Kier alpha value is -3.06. The molecular formula is C30H36Cl2N6O5. The van der Waals surface area contributed by atoms with Crippen molar-refractivity contribution in [1.82, 2.24) is 24.8 Å². The van der Waals surface area contributed by atoms with Crippen molar-refractivity contribution in [1.29, 1.82) is 0 Å². The highest BCUT2D eigenvalue weighted by atomic mass is 35.5. The van der Waals surface area contributed by atoms with Crippen LogP contribution < -0.4 is 9.64 Å². The average molecular weight is 632 g/mol. The molecule has 4 heterocycles.